The summed E-state index contributed by atoms with van der Waals surface area (Å²) in [5.74, 6) is 1.08. The zero-order chi connectivity index (χ0) is 12.1. The molecular weight excluding hydrogens is 198 g/mol. The highest BCUT2D eigenvalue weighted by molar-refractivity contribution is 5.38. The van der Waals surface area contributed by atoms with Crippen LogP contribution >= 0.6 is 0 Å². The van der Waals surface area contributed by atoms with Gasteiger partial charge in [0.1, 0.15) is 0 Å². The van der Waals surface area contributed by atoms with Crippen LogP contribution in [0, 0.1) is 11.8 Å². The first-order valence-corrected chi connectivity index (χ1v) is 6.19. The Balaban J connectivity index is 2.65. The van der Waals surface area contributed by atoms with E-state index in [2.05, 4.69) is 32.8 Å². The molecule has 1 aromatic heterocycles. The van der Waals surface area contributed by atoms with Crippen LogP contribution in [0.2, 0.25) is 0 Å². The van der Waals surface area contributed by atoms with Crippen molar-refractivity contribution >= 4 is 0 Å². The maximum atomic E-state index is 6.44. The van der Waals surface area contributed by atoms with Gasteiger partial charge in [-0.3, -0.25) is 4.68 Å². The van der Waals surface area contributed by atoms with Gasteiger partial charge in [0, 0.05) is 24.2 Å². The number of nitrogens with zero attached hydrogens (tertiary/aromatic N) is 2. The molecule has 1 aliphatic rings. The summed E-state index contributed by atoms with van der Waals surface area (Å²) in [6, 6.07) is 0.228. The summed E-state index contributed by atoms with van der Waals surface area (Å²) >= 11 is 0. The molecule has 0 radical (unpaired) electrons. The van der Waals surface area contributed by atoms with Gasteiger partial charge in [-0.05, 0) is 23.8 Å². The minimum absolute atomic E-state index is 0.0839. The molecule has 2 rings (SSSR count). The number of aromatic nitrogens is 2. The van der Waals surface area contributed by atoms with Crippen molar-refractivity contribution in [2.75, 3.05) is 0 Å². The molecule has 3 nitrogen and oxygen atoms in total. The maximum absolute atomic E-state index is 6.44. The Morgan fingerprint density at radius 1 is 1.38 bits per heavy atom. The molecule has 0 bridgehead atoms. The molecule has 16 heavy (non-hydrogen) atoms. The van der Waals surface area contributed by atoms with Crippen LogP contribution in [0.25, 0.3) is 0 Å². The lowest BCUT2D eigenvalue weighted by molar-refractivity contribution is 0.178. The second-order valence-corrected chi connectivity index (χ2v) is 5.70. The highest BCUT2D eigenvalue weighted by Crippen LogP contribution is 2.48. The van der Waals surface area contributed by atoms with Gasteiger partial charge in [-0.15, -0.1) is 0 Å². The molecule has 1 aliphatic carbocycles. The molecule has 0 spiro atoms. The number of rotatable bonds is 2. The minimum Gasteiger partial charge on any atom is -0.327 e. The molecule has 2 N–H and O–H groups in total. The largest absolute Gasteiger partial charge is 0.327 e. The number of aryl methyl sites for hydroxylation is 1. The van der Waals surface area contributed by atoms with Crippen LogP contribution in [-0.2, 0) is 18.9 Å². The predicted octanol–water partition coefficient (Wildman–Crippen LogP) is 1.85. The quantitative estimate of drug-likeness (QED) is 0.828. The third kappa shape index (κ3) is 1.21. The highest BCUT2D eigenvalue weighted by atomic mass is 15.3. The fourth-order valence-electron chi connectivity index (χ4n) is 3.84. The van der Waals surface area contributed by atoms with Gasteiger partial charge >= 0.3 is 0 Å². The summed E-state index contributed by atoms with van der Waals surface area (Å²) in [7, 11) is 2.04. The van der Waals surface area contributed by atoms with E-state index in [1.165, 1.54) is 11.3 Å². The van der Waals surface area contributed by atoms with E-state index < -0.39 is 0 Å². The van der Waals surface area contributed by atoms with Gasteiger partial charge in [0.05, 0.1) is 6.20 Å². The smallest absolute Gasteiger partial charge is 0.0525 e. The first kappa shape index (κ1) is 11.6. The molecule has 0 amide bonds. The lowest BCUT2D eigenvalue weighted by atomic mass is 9.65. The van der Waals surface area contributed by atoms with Crippen molar-refractivity contribution in [2.24, 2.45) is 24.6 Å². The average Bonchev–Trinajstić information content (AvgIpc) is 2.64. The Bertz CT molecular complexity index is 382. The van der Waals surface area contributed by atoms with Crippen LogP contribution in [0.5, 0.6) is 0 Å². The second kappa shape index (κ2) is 3.59. The van der Waals surface area contributed by atoms with Gasteiger partial charge in [0.15, 0.2) is 0 Å². The number of fused-ring (bicyclic) bond motifs is 1. The van der Waals surface area contributed by atoms with Gasteiger partial charge < -0.3 is 5.73 Å². The number of hydrogen-bond acceptors (Lipinski definition) is 2. The van der Waals surface area contributed by atoms with Gasteiger partial charge in [-0.2, -0.15) is 5.10 Å². The standard InChI is InChI=1S/C13H23N3/c1-8(2)13(9(3)4)11(14)6-10-7-15-16(5)12(10)13/h7-9,11H,6,14H2,1-5H3/t11-/m1/s1. The van der Waals surface area contributed by atoms with E-state index in [-0.39, 0.29) is 11.5 Å². The summed E-state index contributed by atoms with van der Waals surface area (Å²) in [4.78, 5) is 0. The van der Waals surface area contributed by atoms with Crippen molar-refractivity contribution in [3.63, 3.8) is 0 Å². The summed E-state index contributed by atoms with van der Waals surface area (Å²) < 4.78 is 2.03. The van der Waals surface area contributed by atoms with Crippen molar-refractivity contribution in [3.8, 4) is 0 Å². The third-order valence-corrected chi connectivity index (χ3v) is 4.39. The molecule has 1 aromatic rings. The van der Waals surface area contributed by atoms with Gasteiger partial charge in [-0.1, -0.05) is 27.7 Å². The topological polar surface area (TPSA) is 43.8 Å². The maximum Gasteiger partial charge on any atom is 0.0525 e. The molecule has 1 atom stereocenters. The molecular formula is C13H23N3. The second-order valence-electron chi connectivity index (χ2n) is 5.70. The molecule has 0 saturated heterocycles. The Hall–Kier alpha value is -0.830. The van der Waals surface area contributed by atoms with E-state index in [4.69, 9.17) is 5.73 Å². The van der Waals surface area contributed by atoms with Crippen molar-refractivity contribution in [1.29, 1.82) is 0 Å². The summed E-state index contributed by atoms with van der Waals surface area (Å²) in [5, 5.41) is 4.39. The first-order valence-electron chi connectivity index (χ1n) is 6.19. The van der Waals surface area contributed by atoms with E-state index in [1.54, 1.807) is 0 Å². The van der Waals surface area contributed by atoms with Gasteiger partial charge in [0.2, 0.25) is 0 Å². The molecule has 3 heteroatoms. The van der Waals surface area contributed by atoms with E-state index in [0.717, 1.165) is 6.42 Å². The van der Waals surface area contributed by atoms with Crippen molar-refractivity contribution < 1.29 is 0 Å². The Morgan fingerprint density at radius 3 is 2.44 bits per heavy atom. The van der Waals surface area contributed by atoms with Crippen LogP contribution in [-0.4, -0.2) is 15.8 Å². The Labute approximate surface area is 98.0 Å². The highest BCUT2D eigenvalue weighted by Gasteiger charge is 2.51. The minimum atomic E-state index is 0.0839. The monoisotopic (exact) mass is 221 g/mol. The SMILES string of the molecule is CC(C)C1(C(C)C)c2c(cnn2C)C[C@H]1N. The number of nitrogens with two attached hydrogens (primary N) is 1. The fraction of sp³-hybridized carbons (Fsp3) is 0.769. The summed E-state index contributed by atoms with van der Waals surface area (Å²) in [5.41, 5.74) is 9.23. The molecule has 0 aliphatic heterocycles. The normalized spacial score (nSPS) is 23.1. The van der Waals surface area contributed by atoms with E-state index in [0.29, 0.717) is 11.8 Å². The average molecular weight is 221 g/mol. The zero-order valence-electron chi connectivity index (χ0n) is 11.0. The lowest BCUT2D eigenvalue weighted by Crippen LogP contribution is -2.51. The van der Waals surface area contributed by atoms with Crippen LogP contribution in [0.3, 0.4) is 0 Å². The molecule has 0 unspecified atom stereocenters. The molecule has 0 fully saturated rings. The molecule has 0 aromatic carbocycles. The number of hydrogen-bond donors (Lipinski definition) is 1. The first-order chi connectivity index (χ1) is 7.42. The van der Waals surface area contributed by atoms with Crippen molar-refractivity contribution in [3.05, 3.63) is 17.5 Å². The molecule has 1 heterocycles. The van der Waals surface area contributed by atoms with E-state index >= 15 is 0 Å². The summed E-state index contributed by atoms with van der Waals surface area (Å²) in [6.45, 7) is 9.12. The Kier molecular flexibility index (Phi) is 2.61. The molecule has 0 saturated carbocycles. The zero-order valence-corrected chi connectivity index (χ0v) is 11.0. The van der Waals surface area contributed by atoms with E-state index in [9.17, 15) is 0 Å². The van der Waals surface area contributed by atoms with E-state index in [1.807, 2.05) is 17.9 Å². The van der Waals surface area contributed by atoms with Crippen LogP contribution in [0.4, 0.5) is 0 Å². The van der Waals surface area contributed by atoms with Crippen LogP contribution in [0.1, 0.15) is 39.0 Å². The third-order valence-electron chi connectivity index (χ3n) is 4.39. The summed E-state index contributed by atoms with van der Waals surface area (Å²) in [6.07, 6.45) is 2.96. The van der Waals surface area contributed by atoms with Crippen LogP contribution < -0.4 is 5.73 Å². The van der Waals surface area contributed by atoms with Crippen molar-refractivity contribution in [1.82, 2.24) is 9.78 Å². The fourth-order valence-corrected chi connectivity index (χ4v) is 3.84. The predicted molar refractivity (Wildman–Crippen MR) is 66.2 cm³/mol. The van der Waals surface area contributed by atoms with Crippen molar-refractivity contribution in [2.45, 2.75) is 45.6 Å². The van der Waals surface area contributed by atoms with Gasteiger partial charge in [-0.25, -0.2) is 0 Å². The van der Waals surface area contributed by atoms with Gasteiger partial charge in [0.25, 0.3) is 0 Å². The molecule has 90 valence electrons. The van der Waals surface area contributed by atoms with Crippen LogP contribution in [0.15, 0.2) is 6.20 Å². The Morgan fingerprint density at radius 2 is 1.94 bits per heavy atom. The lowest BCUT2D eigenvalue weighted by Gasteiger charge is -2.42.